The molecule has 0 saturated carbocycles. The molecule has 0 unspecified atom stereocenters. The van der Waals surface area contributed by atoms with Gasteiger partial charge in [-0.3, -0.25) is 4.79 Å². The molecule has 17 heavy (non-hydrogen) atoms. The van der Waals surface area contributed by atoms with Gasteiger partial charge in [-0.15, -0.1) is 0 Å². The molecule has 0 aliphatic heterocycles. The minimum absolute atomic E-state index is 0.0687. The molecular weight excluding hydrogens is 222 g/mol. The van der Waals surface area contributed by atoms with Crippen molar-refractivity contribution in [2.75, 3.05) is 5.32 Å². The van der Waals surface area contributed by atoms with Crippen molar-refractivity contribution >= 4 is 17.6 Å². The Bertz CT molecular complexity index is 403. The van der Waals surface area contributed by atoms with Crippen molar-refractivity contribution in [3.05, 3.63) is 24.0 Å². The predicted octanol–water partition coefficient (Wildman–Crippen LogP) is 0.846. The highest BCUT2D eigenvalue weighted by Crippen LogP contribution is 2.07. The normalized spacial score (nSPS) is 11.9. The summed E-state index contributed by atoms with van der Waals surface area (Å²) >= 11 is 0. The van der Waals surface area contributed by atoms with E-state index in [0.717, 1.165) is 6.42 Å². The monoisotopic (exact) mass is 237 g/mol. The van der Waals surface area contributed by atoms with E-state index in [4.69, 9.17) is 10.8 Å². The van der Waals surface area contributed by atoms with Gasteiger partial charge < -0.3 is 16.2 Å². The van der Waals surface area contributed by atoms with Gasteiger partial charge in [0.05, 0.1) is 17.9 Å². The van der Waals surface area contributed by atoms with E-state index in [-0.39, 0.29) is 11.6 Å². The maximum atomic E-state index is 11.5. The van der Waals surface area contributed by atoms with Crippen molar-refractivity contribution in [2.45, 2.75) is 25.8 Å². The first-order valence-electron chi connectivity index (χ1n) is 5.30. The second-order valence-electron chi connectivity index (χ2n) is 3.62. The highest BCUT2D eigenvalue weighted by molar-refractivity contribution is 5.94. The van der Waals surface area contributed by atoms with Crippen LogP contribution in [0.4, 0.5) is 5.69 Å². The third-order valence-electron chi connectivity index (χ3n) is 2.19. The molecule has 0 fully saturated rings. The number of rotatable bonds is 5. The van der Waals surface area contributed by atoms with Crippen LogP contribution in [-0.4, -0.2) is 28.0 Å². The quantitative estimate of drug-likeness (QED) is 0.703. The smallest absolute Gasteiger partial charge is 0.354 e. The van der Waals surface area contributed by atoms with Gasteiger partial charge in [-0.1, -0.05) is 13.3 Å². The Morgan fingerprint density at radius 2 is 2.24 bits per heavy atom. The molecule has 6 heteroatoms. The van der Waals surface area contributed by atoms with Gasteiger partial charge in [0, 0.05) is 0 Å². The Hall–Kier alpha value is -1.95. The first-order chi connectivity index (χ1) is 8.04. The molecule has 1 atom stereocenters. The third kappa shape index (κ3) is 3.84. The number of hydrogen-bond donors (Lipinski definition) is 3. The maximum absolute atomic E-state index is 11.5. The molecule has 0 aliphatic rings. The summed E-state index contributed by atoms with van der Waals surface area (Å²) in [6.07, 6.45) is 2.72. The SMILES string of the molecule is CCC[C@H](N)C(=O)Nc1ccc(C(=O)O)nc1. The zero-order valence-electron chi connectivity index (χ0n) is 9.51. The Balaban J connectivity index is 2.63. The van der Waals surface area contributed by atoms with Gasteiger partial charge in [-0.05, 0) is 18.6 Å². The van der Waals surface area contributed by atoms with E-state index in [1.54, 1.807) is 0 Å². The van der Waals surface area contributed by atoms with E-state index >= 15 is 0 Å². The second-order valence-corrected chi connectivity index (χ2v) is 3.62. The van der Waals surface area contributed by atoms with Crippen molar-refractivity contribution in [3.8, 4) is 0 Å². The minimum Gasteiger partial charge on any atom is -0.477 e. The lowest BCUT2D eigenvalue weighted by Crippen LogP contribution is -2.35. The Morgan fingerprint density at radius 3 is 2.71 bits per heavy atom. The molecule has 0 radical (unpaired) electrons. The average molecular weight is 237 g/mol. The molecule has 0 aliphatic carbocycles. The fourth-order valence-electron chi connectivity index (χ4n) is 1.27. The number of anilines is 1. The predicted molar refractivity (Wildman–Crippen MR) is 62.7 cm³/mol. The van der Waals surface area contributed by atoms with E-state index in [1.165, 1.54) is 18.3 Å². The number of carbonyl (C=O) groups excluding carboxylic acids is 1. The minimum atomic E-state index is -1.11. The van der Waals surface area contributed by atoms with Crippen molar-refractivity contribution in [1.29, 1.82) is 0 Å². The van der Waals surface area contributed by atoms with Crippen LogP contribution >= 0.6 is 0 Å². The molecule has 0 saturated heterocycles. The van der Waals surface area contributed by atoms with Crippen LogP contribution in [0, 0.1) is 0 Å². The number of amides is 1. The molecule has 0 spiro atoms. The van der Waals surface area contributed by atoms with Crippen LogP contribution in [0.5, 0.6) is 0 Å². The first-order valence-corrected chi connectivity index (χ1v) is 5.30. The topological polar surface area (TPSA) is 105 Å². The lowest BCUT2D eigenvalue weighted by molar-refractivity contribution is -0.117. The van der Waals surface area contributed by atoms with E-state index in [1.807, 2.05) is 6.92 Å². The highest BCUT2D eigenvalue weighted by Gasteiger charge is 2.12. The number of carbonyl (C=O) groups is 2. The molecule has 92 valence electrons. The summed E-state index contributed by atoms with van der Waals surface area (Å²) in [7, 11) is 0. The molecule has 1 rings (SSSR count). The average Bonchev–Trinajstić information content (AvgIpc) is 2.30. The summed E-state index contributed by atoms with van der Waals surface area (Å²) in [5.74, 6) is -1.40. The second kappa shape index (κ2) is 5.95. The maximum Gasteiger partial charge on any atom is 0.354 e. The van der Waals surface area contributed by atoms with Crippen LogP contribution in [0.25, 0.3) is 0 Å². The van der Waals surface area contributed by atoms with Crippen LogP contribution in [0.15, 0.2) is 18.3 Å². The number of nitrogens with two attached hydrogens (primary N) is 1. The molecule has 1 aromatic rings. The number of carboxylic acids is 1. The first kappa shape index (κ1) is 13.1. The summed E-state index contributed by atoms with van der Waals surface area (Å²) in [5, 5.41) is 11.2. The molecule has 1 heterocycles. The van der Waals surface area contributed by atoms with Gasteiger partial charge in [0.15, 0.2) is 0 Å². The number of carboxylic acid groups (broad SMARTS) is 1. The number of nitrogens with zero attached hydrogens (tertiary/aromatic N) is 1. The lowest BCUT2D eigenvalue weighted by atomic mass is 10.1. The van der Waals surface area contributed by atoms with Crippen molar-refractivity contribution < 1.29 is 14.7 Å². The third-order valence-corrected chi connectivity index (χ3v) is 2.19. The highest BCUT2D eigenvalue weighted by atomic mass is 16.4. The molecule has 1 aromatic heterocycles. The number of hydrogen-bond acceptors (Lipinski definition) is 4. The zero-order valence-corrected chi connectivity index (χ0v) is 9.51. The summed E-state index contributed by atoms with van der Waals surface area (Å²) < 4.78 is 0. The van der Waals surface area contributed by atoms with Crippen molar-refractivity contribution in [2.24, 2.45) is 5.73 Å². The van der Waals surface area contributed by atoms with E-state index < -0.39 is 12.0 Å². The number of aromatic carboxylic acids is 1. The zero-order chi connectivity index (χ0) is 12.8. The Labute approximate surface area is 98.8 Å². The summed E-state index contributed by atoms with van der Waals surface area (Å²) in [6.45, 7) is 1.94. The lowest BCUT2D eigenvalue weighted by Gasteiger charge is -2.10. The molecular formula is C11H15N3O3. The fraction of sp³-hybridized carbons (Fsp3) is 0.364. The number of nitrogens with one attached hydrogen (secondary N) is 1. The molecule has 0 aromatic carbocycles. The van der Waals surface area contributed by atoms with Gasteiger partial charge in [0.2, 0.25) is 5.91 Å². The van der Waals surface area contributed by atoms with E-state index in [2.05, 4.69) is 10.3 Å². The van der Waals surface area contributed by atoms with Crippen LogP contribution in [0.1, 0.15) is 30.3 Å². The fourth-order valence-corrected chi connectivity index (χ4v) is 1.27. The van der Waals surface area contributed by atoms with E-state index in [9.17, 15) is 9.59 Å². The standard InChI is InChI=1S/C11H15N3O3/c1-2-3-8(12)10(15)14-7-4-5-9(11(16)17)13-6-7/h4-6,8H,2-3,12H2,1H3,(H,14,15)(H,16,17)/t8-/m0/s1. The van der Waals surface area contributed by atoms with Gasteiger partial charge in [0.1, 0.15) is 5.69 Å². The van der Waals surface area contributed by atoms with Gasteiger partial charge >= 0.3 is 5.97 Å². The van der Waals surface area contributed by atoms with Crippen LogP contribution in [0.3, 0.4) is 0 Å². The van der Waals surface area contributed by atoms with Gasteiger partial charge in [-0.25, -0.2) is 9.78 Å². The van der Waals surface area contributed by atoms with Crippen LogP contribution in [-0.2, 0) is 4.79 Å². The van der Waals surface area contributed by atoms with Crippen LogP contribution < -0.4 is 11.1 Å². The summed E-state index contributed by atoms with van der Waals surface area (Å²) in [6, 6.07) is 2.25. The molecule has 4 N–H and O–H groups in total. The van der Waals surface area contributed by atoms with E-state index in [0.29, 0.717) is 12.1 Å². The van der Waals surface area contributed by atoms with Gasteiger partial charge in [0.25, 0.3) is 0 Å². The molecule has 6 nitrogen and oxygen atoms in total. The summed E-state index contributed by atoms with van der Waals surface area (Å²) in [4.78, 5) is 25.8. The Morgan fingerprint density at radius 1 is 1.53 bits per heavy atom. The molecule has 0 bridgehead atoms. The summed E-state index contributed by atoms with van der Waals surface area (Å²) in [5.41, 5.74) is 6.00. The number of pyridine rings is 1. The van der Waals surface area contributed by atoms with Gasteiger partial charge in [-0.2, -0.15) is 0 Å². The van der Waals surface area contributed by atoms with Crippen LogP contribution in [0.2, 0.25) is 0 Å². The van der Waals surface area contributed by atoms with Crippen molar-refractivity contribution in [3.63, 3.8) is 0 Å². The molecule has 1 amide bonds. The Kier molecular flexibility index (Phi) is 4.59. The largest absolute Gasteiger partial charge is 0.477 e. The van der Waals surface area contributed by atoms with Crippen molar-refractivity contribution in [1.82, 2.24) is 4.98 Å². The number of aromatic nitrogens is 1.